The van der Waals surface area contributed by atoms with Crippen molar-refractivity contribution >= 4 is 5.84 Å². The maximum atomic E-state index is 6.06. The van der Waals surface area contributed by atoms with Gasteiger partial charge >= 0.3 is 0 Å². The summed E-state index contributed by atoms with van der Waals surface area (Å²) in [4.78, 5) is 4.58. The highest BCUT2D eigenvalue weighted by Gasteiger charge is 2.26. The van der Waals surface area contributed by atoms with E-state index in [0.717, 1.165) is 11.8 Å². The van der Waals surface area contributed by atoms with E-state index in [-0.39, 0.29) is 0 Å². The molecule has 0 radical (unpaired) electrons. The van der Waals surface area contributed by atoms with Crippen LogP contribution in [0.15, 0.2) is 4.99 Å². The number of amidine groups is 1. The Morgan fingerprint density at radius 3 is 2.33 bits per heavy atom. The molecule has 15 heavy (non-hydrogen) atoms. The third-order valence-electron chi connectivity index (χ3n) is 3.84. The van der Waals surface area contributed by atoms with Gasteiger partial charge in [0.2, 0.25) is 0 Å². The lowest BCUT2D eigenvalue weighted by atomic mass is 9.79. The second kappa shape index (κ2) is 5.00. The lowest BCUT2D eigenvalue weighted by molar-refractivity contribution is 0.303. The molecule has 2 aliphatic carbocycles. The monoisotopic (exact) mass is 208 g/mol. The zero-order valence-electron chi connectivity index (χ0n) is 9.91. The van der Waals surface area contributed by atoms with Crippen LogP contribution >= 0.6 is 0 Å². The molecule has 0 aromatic heterocycles. The third kappa shape index (κ3) is 3.22. The molecule has 0 aliphatic heterocycles. The highest BCUT2D eigenvalue weighted by molar-refractivity contribution is 5.83. The Hall–Kier alpha value is -0.530. The second-order valence-corrected chi connectivity index (χ2v) is 5.29. The first-order chi connectivity index (χ1) is 7.29. The van der Waals surface area contributed by atoms with E-state index in [1.807, 2.05) is 0 Å². The van der Waals surface area contributed by atoms with Crippen LogP contribution in [0.2, 0.25) is 0 Å². The van der Waals surface area contributed by atoms with E-state index in [1.165, 1.54) is 51.4 Å². The number of hydrogen-bond acceptors (Lipinski definition) is 1. The van der Waals surface area contributed by atoms with Gasteiger partial charge in [0.15, 0.2) is 0 Å². The van der Waals surface area contributed by atoms with Gasteiger partial charge in [-0.15, -0.1) is 0 Å². The summed E-state index contributed by atoms with van der Waals surface area (Å²) >= 11 is 0. The predicted octanol–water partition coefficient (Wildman–Crippen LogP) is 3.11. The number of rotatable bonds is 4. The van der Waals surface area contributed by atoms with Crippen LogP contribution in [-0.2, 0) is 0 Å². The Balaban J connectivity index is 1.76. The van der Waals surface area contributed by atoms with Gasteiger partial charge in [0.1, 0.15) is 0 Å². The summed E-state index contributed by atoms with van der Waals surface area (Å²) in [5, 5.41) is 0. The fourth-order valence-electron chi connectivity index (χ4n) is 2.68. The fourth-order valence-corrected chi connectivity index (χ4v) is 2.68. The molecule has 2 nitrogen and oxygen atoms in total. The van der Waals surface area contributed by atoms with E-state index in [9.17, 15) is 0 Å². The van der Waals surface area contributed by atoms with Gasteiger partial charge in [0.25, 0.3) is 0 Å². The van der Waals surface area contributed by atoms with E-state index >= 15 is 0 Å². The maximum Gasteiger partial charge on any atom is 0.0971 e. The Bertz CT molecular complexity index is 223. The molecule has 0 atom stereocenters. The molecule has 2 fully saturated rings. The van der Waals surface area contributed by atoms with Gasteiger partial charge in [-0.05, 0) is 44.4 Å². The number of nitrogens with zero attached hydrogens (tertiary/aromatic N) is 1. The molecule has 0 spiro atoms. The van der Waals surface area contributed by atoms with Crippen LogP contribution in [0.3, 0.4) is 0 Å². The molecule has 2 saturated carbocycles. The van der Waals surface area contributed by atoms with Gasteiger partial charge in [-0.25, -0.2) is 0 Å². The molecule has 86 valence electrons. The molecule has 2 aliphatic rings. The van der Waals surface area contributed by atoms with Crippen molar-refractivity contribution in [2.45, 2.75) is 64.3 Å². The molecule has 0 amide bonds. The van der Waals surface area contributed by atoms with Crippen LogP contribution in [0.25, 0.3) is 0 Å². The first kappa shape index (κ1) is 11.0. The lowest BCUT2D eigenvalue weighted by Crippen LogP contribution is -2.28. The SMILES string of the molecule is CCCC1CCC(C(N)=NC2CC2)CC1. The summed E-state index contributed by atoms with van der Waals surface area (Å²) in [5.74, 6) is 2.55. The summed E-state index contributed by atoms with van der Waals surface area (Å²) in [5.41, 5.74) is 6.06. The van der Waals surface area contributed by atoms with Crippen molar-refractivity contribution in [1.82, 2.24) is 0 Å². The Morgan fingerprint density at radius 2 is 1.80 bits per heavy atom. The third-order valence-corrected chi connectivity index (χ3v) is 3.84. The van der Waals surface area contributed by atoms with E-state index in [4.69, 9.17) is 5.73 Å². The summed E-state index contributed by atoms with van der Waals surface area (Å²) in [7, 11) is 0. The zero-order chi connectivity index (χ0) is 10.7. The van der Waals surface area contributed by atoms with Gasteiger partial charge in [0, 0.05) is 5.92 Å². The van der Waals surface area contributed by atoms with Gasteiger partial charge in [-0.2, -0.15) is 0 Å². The van der Waals surface area contributed by atoms with Crippen LogP contribution in [-0.4, -0.2) is 11.9 Å². The van der Waals surface area contributed by atoms with Crippen molar-refractivity contribution in [1.29, 1.82) is 0 Å². The first-order valence-corrected chi connectivity index (χ1v) is 6.62. The highest BCUT2D eigenvalue weighted by Crippen LogP contribution is 2.32. The number of aliphatic imine (C=N–C) groups is 1. The van der Waals surface area contributed by atoms with E-state index < -0.39 is 0 Å². The molecule has 0 bridgehead atoms. The molecular formula is C13H24N2. The van der Waals surface area contributed by atoms with Crippen molar-refractivity contribution < 1.29 is 0 Å². The predicted molar refractivity (Wildman–Crippen MR) is 65.0 cm³/mol. The van der Waals surface area contributed by atoms with Crippen molar-refractivity contribution in [3.8, 4) is 0 Å². The van der Waals surface area contributed by atoms with Crippen LogP contribution in [0.5, 0.6) is 0 Å². The summed E-state index contributed by atoms with van der Waals surface area (Å²) in [6.45, 7) is 2.29. The Morgan fingerprint density at radius 1 is 1.13 bits per heavy atom. The van der Waals surface area contributed by atoms with Gasteiger partial charge in [0.05, 0.1) is 11.9 Å². The molecular weight excluding hydrogens is 184 g/mol. The molecule has 2 rings (SSSR count). The smallest absolute Gasteiger partial charge is 0.0971 e. The summed E-state index contributed by atoms with van der Waals surface area (Å²) in [6, 6.07) is 0.596. The van der Waals surface area contributed by atoms with E-state index in [1.54, 1.807) is 0 Å². The van der Waals surface area contributed by atoms with Gasteiger partial charge in [-0.3, -0.25) is 4.99 Å². The topological polar surface area (TPSA) is 38.4 Å². The van der Waals surface area contributed by atoms with E-state index in [2.05, 4.69) is 11.9 Å². The van der Waals surface area contributed by atoms with Gasteiger partial charge in [-0.1, -0.05) is 19.8 Å². The molecule has 0 saturated heterocycles. The average molecular weight is 208 g/mol. The minimum absolute atomic E-state index is 0.596. The van der Waals surface area contributed by atoms with Crippen molar-refractivity contribution in [3.05, 3.63) is 0 Å². The van der Waals surface area contributed by atoms with Crippen LogP contribution in [0, 0.1) is 11.8 Å². The standard InChI is InChI=1S/C13H24N2/c1-2-3-10-4-6-11(7-5-10)13(14)15-12-8-9-12/h10-12H,2-9H2,1H3,(H2,14,15). The largest absolute Gasteiger partial charge is 0.387 e. The minimum atomic E-state index is 0.596. The summed E-state index contributed by atoms with van der Waals surface area (Å²) in [6.07, 6.45) is 10.6. The van der Waals surface area contributed by atoms with Crippen LogP contribution < -0.4 is 5.73 Å². The fraction of sp³-hybridized carbons (Fsp3) is 0.923. The second-order valence-electron chi connectivity index (χ2n) is 5.29. The summed E-state index contributed by atoms with van der Waals surface area (Å²) < 4.78 is 0. The molecule has 0 aromatic carbocycles. The molecule has 2 N–H and O–H groups in total. The molecule has 0 aromatic rings. The molecule has 0 unspecified atom stereocenters. The number of nitrogens with two attached hydrogens (primary N) is 1. The normalized spacial score (nSPS) is 33.0. The van der Waals surface area contributed by atoms with Crippen molar-refractivity contribution in [2.24, 2.45) is 22.6 Å². The van der Waals surface area contributed by atoms with Crippen LogP contribution in [0.1, 0.15) is 58.3 Å². The average Bonchev–Trinajstić information content (AvgIpc) is 3.03. The Kier molecular flexibility index (Phi) is 3.66. The highest BCUT2D eigenvalue weighted by atomic mass is 14.9. The quantitative estimate of drug-likeness (QED) is 0.559. The molecule has 2 heteroatoms. The lowest BCUT2D eigenvalue weighted by Gasteiger charge is -2.27. The van der Waals surface area contributed by atoms with Crippen LogP contribution in [0.4, 0.5) is 0 Å². The minimum Gasteiger partial charge on any atom is -0.387 e. The maximum absolute atomic E-state index is 6.06. The van der Waals surface area contributed by atoms with Gasteiger partial charge < -0.3 is 5.73 Å². The zero-order valence-corrected chi connectivity index (χ0v) is 9.91. The molecule has 0 heterocycles. The Labute approximate surface area is 93.3 Å². The van der Waals surface area contributed by atoms with Crippen molar-refractivity contribution in [2.75, 3.05) is 0 Å². The van der Waals surface area contributed by atoms with E-state index in [0.29, 0.717) is 12.0 Å². The number of hydrogen-bond donors (Lipinski definition) is 1. The first-order valence-electron chi connectivity index (χ1n) is 6.62. The van der Waals surface area contributed by atoms with Crippen molar-refractivity contribution in [3.63, 3.8) is 0 Å².